The molecule has 0 bridgehead atoms. The Kier molecular flexibility index (Phi) is 5.46. The Bertz CT molecular complexity index is 599. The van der Waals surface area contributed by atoms with Gasteiger partial charge in [0.15, 0.2) is 6.61 Å². The summed E-state index contributed by atoms with van der Waals surface area (Å²) in [6.45, 7) is 0.351. The molecule has 0 saturated carbocycles. The lowest BCUT2D eigenvalue weighted by Gasteiger charge is -2.10. The lowest BCUT2D eigenvalue weighted by atomic mass is 10.2. The number of amides is 1. The molecule has 0 aliphatic carbocycles. The standard InChI is InChI=1S/C16H16ClNO3/c1-20-15-5-3-2-4-12(15)10-18-16(19)11-21-14-8-6-13(17)7-9-14/h2-9H,10-11H2,1H3,(H,18,19). The number of hydrogen-bond donors (Lipinski definition) is 1. The first-order valence-corrected chi connectivity index (χ1v) is 6.84. The quantitative estimate of drug-likeness (QED) is 0.892. The van der Waals surface area contributed by atoms with Crippen molar-refractivity contribution in [2.75, 3.05) is 13.7 Å². The number of carbonyl (C=O) groups excluding carboxylic acids is 1. The summed E-state index contributed by atoms with van der Waals surface area (Å²) in [6, 6.07) is 14.4. The Morgan fingerprint density at radius 1 is 1.14 bits per heavy atom. The molecular formula is C16H16ClNO3. The topological polar surface area (TPSA) is 47.6 Å². The Morgan fingerprint density at radius 2 is 1.86 bits per heavy atom. The van der Waals surface area contributed by atoms with Crippen molar-refractivity contribution in [2.24, 2.45) is 0 Å². The molecule has 0 radical (unpaired) electrons. The summed E-state index contributed by atoms with van der Waals surface area (Å²) in [5.74, 6) is 1.15. The number of benzene rings is 2. The van der Waals surface area contributed by atoms with Gasteiger partial charge in [0.25, 0.3) is 5.91 Å². The van der Waals surface area contributed by atoms with E-state index in [9.17, 15) is 4.79 Å². The zero-order valence-corrected chi connectivity index (χ0v) is 12.4. The highest BCUT2D eigenvalue weighted by Crippen LogP contribution is 2.17. The Morgan fingerprint density at radius 3 is 2.57 bits per heavy atom. The molecule has 2 aromatic rings. The van der Waals surface area contributed by atoms with Crippen LogP contribution in [0.5, 0.6) is 11.5 Å². The van der Waals surface area contributed by atoms with Crippen LogP contribution < -0.4 is 14.8 Å². The Balaban J connectivity index is 1.81. The van der Waals surface area contributed by atoms with Crippen LogP contribution in [0.4, 0.5) is 0 Å². The van der Waals surface area contributed by atoms with E-state index >= 15 is 0 Å². The minimum absolute atomic E-state index is 0.0449. The van der Waals surface area contributed by atoms with E-state index < -0.39 is 0 Å². The molecule has 5 heteroatoms. The van der Waals surface area contributed by atoms with Gasteiger partial charge in [-0.2, -0.15) is 0 Å². The van der Waals surface area contributed by atoms with Crippen LogP contribution in [0.2, 0.25) is 5.02 Å². The van der Waals surface area contributed by atoms with Crippen LogP contribution in [0.1, 0.15) is 5.56 Å². The van der Waals surface area contributed by atoms with Crippen molar-refractivity contribution < 1.29 is 14.3 Å². The molecule has 0 fully saturated rings. The maximum absolute atomic E-state index is 11.8. The minimum atomic E-state index is -0.198. The van der Waals surface area contributed by atoms with E-state index in [0.29, 0.717) is 17.3 Å². The monoisotopic (exact) mass is 305 g/mol. The van der Waals surface area contributed by atoms with Gasteiger partial charge in [-0.15, -0.1) is 0 Å². The van der Waals surface area contributed by atoms with Gasteiger partial charge in [-0.3, -0.25) is 4.79 Å². The maximum atomic E-state index is 11.8. The van der Waals surface area contributed by atoms with Crippen LogP contribution in [0, 0.1) is 0 Å². The summed E-state index contributed by atoms with van der Waals surface area (Å²) in [4.78, 5) is 11.8. The predicted octanol–water partition coefficient (Wildman–Crippen LogP) is 3.04. The molecule has 0 saturated heterocycles. The highest BCUT2D eigenvalue weighted by molar-refractivity contribution is 6.30. The van der Waals surface area contributed by atoms with Crippen molar-refractivity contribution in [1.29, 1.82) is 0 Å². The molecule has 2 rings (SSSR count). The predicted molar refractivity (Wildman–Crippen MR) is 81.8 cm³/mol. The third kappa shape index (κ3) is 4.68. The molecule has 2 aromatic carbocycles. The number of rotatable bonds is 6. The molecule has 0 aromatic heterocycles. The fourth-order valence-corrected chi connectivity index (χ4v) is 1.90. The van der Waals surface area contributed by atoms with Crippen molar-refractivity contribution in [3.63, 3.8) is 0 Å². The molecule has 0 unspecified atom stereocenters. The van der Waals surface area contributed by atoms with Crippen LogP contribution in [-0.2, 0) is 11.3 Å². The number of halogens is 1. The van der Waals surface area contributed by atoms with Crippen LogP contribution in [0.25, 0.3) is 0 Å². The van der Waals surface area contributed by atoms with E-state index in [2.05, 4.69) is 5.32 Å². The number of ether oxygens (including phenoxy) is 2. The number of carbonyl (C=O) groups is 1. The fourth-order valence-electron chi connectivity index (χ4n) is 1.77. The summed E-state index contributed by atoms with van der Waals surface area (Å²) in [5.41, 5.74) is 0.917. The maximum Gasteiger partial charge on any atom is 0.258 e. The Hall–Kier alpha value is -2.20. The molecule has 0 heterocycles. The SMILES string of the molecule is COc1ccccc1CNC(=O)COc1ccc(Cl)cc1. The summed E-state index contributed by atoms with van der Waals surface area (Å²) >= 11 is 5.77. The second-order valence-electron chi connectivity index (χ2n) is 4.33. The smallest absolute Gasteiger partial charge is 0.258 e. The summed E-state index contributed by atoms with van der Waals surface area (Å²) in [6.07, 6.45) is 0. The Labute approximate surface area is 128 Å². The second kappa shape index (κ2) is 7.55. The fraction of sp³-hybridized carbons (Fsp3) is 0.188. The molecular weight excluding hydrogens is 290 g/mol. The molecule has 110 valence electrons. The van der Waals surface area contributed by atoms with E-state index in [1.54, 1.807) is 31.4 Å². The van der Waals surface area contributed by atoms with Crippen molar-refractivity contribution in [3.8, 4) is 11.5 Å². The van der Waals surface area contributed by atoms with E-state index in [1.807, 2.05) is 24.3 Å². The van der Waals surface area contributed by atoms with E-state index in [-0.39, 0.29) is 12.5 Å². The lowest BCUT2D eigenvalue weighted by molar-refractivity contribution is -0.123. The summed E-state index contributed by atoms with van der Waals surface area (Å²) in [5, 5.41) is 3.41. The zero-order valence-electron chi connectivity index (χ0n) is 11.6. The van der Waals surface area contributed by atoms with Gasteiger partial charge in [-0.1, -0.05) is 29.8 Å². The highest BCUT2D eigenvalue weighted by Gasteiger charge is 2.05. The van der Waals surface area contributed by atoms with Gasteiger partial charge in [0, 0.05) is 17.1 Å². The van der Waals surface area contributed by atoms with Crippen LogP contribution >= 0.6 is 11.6 Å². The van der Waals surface area contributed by atoms with Crippen molar-refractivity contribution in [2.45, 2.75) is 6.54 Å². The average Bonchev–Trinajstić information content (AvgIpc) is 2.52. The molecule has 1 N–H and O–H groups in total. The van der Waals surface area contributed by atoms with Gasteiger partial charge in [0.1, 0.15) is 11.5 Å². The van der Waals surface area contributed by atoms with Gasteiger partial charge < -0.3 is 14.8 Å². The lowest BCUT2D eigenvalue weighted by Crippen LogP contribution is -2.28. The molecule has 21 heavy (non-hydrogen) atoms. The van der Waals surface area contributed by atoms with E-state index in [1.165, 1.54) is 0 Å². The van der Waals surface area contributed by atoms with Crippen molar-refractivity contribution in [3.05, 3.63) is 59.1 Å². The summed E-state index contributed by atoms with van der Waals surface area (Å²) < 4.78 is 10.6. The highest BCUT2D eigenvalue weighted by atomic mass is 35.5. The first-order chi connectivity index (χ1) is 10.2. The minimum Gasteiger partial charge on any atom is -0.496 e. The van der Waals surface area contributed by atoms with E-state index in [0.717, 1.165) is 11.3 Å². The molecule has 1 amide bonds. The first kappa shape index (κ1) is 15.2. The third-order valence-corrected chi connectivity index (χ3v) is 3.10. The van der Waals surface area contributed by atoms with Gasteiger partial charge >= 0.3 is 0 Å². The van der Waals surface area contributed by atoms with Crippen LogP contribution in [0.3, 0.4) is 0 Å². The first-order valence-electron chi connectivity index (χ1n) is 6.46. The zero-order chi connectivity index (χ0) is 15.1. The number of nitrogens with one attached hydrogen (secondary N) is 1. The van der Waals surface area contributed by atoms with Crippen LogP contribution in [-0.4, -0.2) is 19.6 Å². The molecule has 0 aliphatic heterocycles. The van der Waals surface area contributed by atoms with Gasteiger partial charge in [0.05, 0.1) is 7.11 Å². The van der Waals surface area contributed by atoms with Crippen molar-refractivity contribution in [1.82, 2.24) is 5.32 Å². The van der Waals surface area contributed by atoms with Gasteiger partial charge in [0.2, 0.25) is 0 Å². The van der Waals surface area contributed by atoms with Gasteiger partial charge in [-0.05, 0) is 30.3 Å². The second-order valence-corrected chi connectivity index (χ2v) is 4.77. The largest absolute Gasteiger partial charge is 0.496 e. The third-order valence-electron chi connectivity index (χ3n) is 2.85. The van der Waals surface area contributed by atoms with Gasteiger partial charge in [-0.25, -0.2) is 0 Å². The molecule has 0 atom stereocenters. The summed E-state index contributed by atoms with van der Waals surface area (Å²) in [7, 11) is 1.60. The molecule has 0 aliphatic rings. The number of methoxy groups -OCH3 is 1. The normalized spacial score (nSPS) is 10.0. The number of hydrogen-bond acceptors (Lipinski definition) is 3. The molecule has 0 spiro atoms. The number of para-hydroxylation sites is 1. The van der Waals surface area contributed by atoms with Crippen molar-refractivity contribution >= 4 is 17.5 Å². The average molecular weight is 306 g/mol. The van der Waals surface area contributed by atoms with Crippen LogP contribution in [0.15, 0.2) is 48.5 Å². The molecule has 4 nitrogen and oxygen atoms in total. The van der Waals surface area contributed by atoms with E-state index in [4.69, 9.17) is 21.1 Å².